The van der Waals surface area contributed by atoms with E-state index in [1.807, 2.05) is 13.1 Å². The molecule has 2 rings (SSSR count). The van der Waals surface area contributed by atoms with Crippen LogP contribution in [-0.4, -0.2) is 21.3 Å². The number of nitrogens with one attached hydrogen (secondary N) is 1. The van der Waals surface area contributed by atoms with Gasteiger partial charge in [-0.1, -0.05) is 6.92 Å². The van der Waals surface area contributed by atoms with E-state index in [1.54, 1.807) is 0 Å². The highest BCUT2D eigenvalue weighted by molar-refractivity contribution is 5.22. The third-order valence-electron chi connectivity index (χ3n) is 3.66. The zero-order valence-electron chi connectivity index (χ0n) is 13.6. The summed E-state index contributed by atoms with van der Waals surface area (Å²) in [4.78, 5) is 4.30. The van der Waals surface area contributed by atoms with Crippen molar-refractivity contribution in [1.29, 1.82) is 0 Å². The predicted molar refractivity (Wildman–Crippen MR) is 86.4 cm³/mol. The van der Waals surface area contributed by atoms with E-state index in [1.165, 1.54) is 11.3 Å². The number of pyridine rings is 1. The third kappa shape index (κ3) is 4.14. The molecule has 4 heteroatoms. The van der Waals surface area contributed by atoms with Crippen LogP contribution in [0, 0.1) is 13.8 Å². The Labute approximate surface area is 127 Å². The van der Waals surface area contributed by atoms with Crippen LogP contribution in [0.15, 0.2) is 24.4 Å². The molecule has 0 aliphatic heterocycles. The van der Waals surface area contributed by atoms with Gasteiger partial charge >= 0.3 is 0 Å². The summed E-state index contributed by atoms with van der Waals surface area (Å²) in [5.74, 6) is 0. The van der Waals surface area contributed by atoms with Gasteiger partial charge in [-0.2, -0.15) is 5.10 Å². The lowest BCUT2D eigenvalue weighted by Crippen LogP contribution is -2.25. The lowest BCUT2D eigenvalue weighted by Gasteiger charge is -2.19. The Kier molecular flexibility index (Phi) is 5.51. The Bertz CT molecular complexity index is 574. The average molecular weight is 286 g/mol. The van der Waals surface area contributed by atoms with Crippen molar-refractivity contribution in [3.8, 4) is 0 Å². The highest BCUT2D eigenvalue weighted by Gasteiger charge is 2.15. The van der Waals surface area contributed by atoms with Crippen molar-refractivity contribution in [2.75, 3.05) is 6.54 Å². The molecule has 0 bridgehead atoms. The maximum atomic E-state index is 4.55. The molecule has 1 N–H and O–H groups in total. The fourth-order valence-electron chi connectivity index (χ4n) is 2.66. The molecular formula is C17H26N4. The maximum Gasteiger partial charge on any atom is 0.0596 e. The Balaban J connectivity index is 2.23. The van der Waals surface area contributed by atoms with Crippen LogP contribution in [0.25, 0.3) is 0 Å². The van der Waals surface area contributed by atoms with Crippen molar-refractivity contribution in [3.63, 3.8) is 0 Å². The number of aromatic nitrogens is 3. The summed E-state index contributed by atoms with van der Waals surface area (Å²) in [6, 6.07) is 6.79. The minimum Gasteiger partial charge on any atom is -0.310 e. The fraction of sp³-hybridized carbons (Fsp3) is 0.529. The second-order valence-electron chi connectivity index (χ2n) is 5.53. The molecule has 4 nitrogen and oxygen atoms in total. The topological polar surface area (TPSA) is 42.7 Å². The first-order valence-electron chi connectivity index (χ1n) is 7.83. The highest BCUT2D eigenvalue weighted by atomic mass is 15.3. The third-order valence-corrected chi connectivity index (χ3v) is 3.66. The molecule has 0 radical (unpaired) electrons. The van der Waals surface area contributed by atoms with E-state index in [2.05, 4.69) is 59.1 Å². The van der Waals surface area contributed by atoms with Gasteiger partial charge in [0.15, 0.2) is 0 Å². The van der Waals surface area contributed by atoms with Gasteiger partial charge in [0, 0.05) is 36.6 Å². The van der Waals surface area contributed by atoms with E-state index in [9.17, 15) is 0 Å². The number of rotatable bonds is 7. The van der Waals surface area contributed by atoms with E-state index in [0.717, 1.165) is 37.3 Å². The minimum absolute atomic E-state index is 0.313. The summed E-state index contributed by atoms with van der Waals surface area (Å²) >= 11 is 0. The summed E-state index contributed by atoms with van der Waals surface area (Å²) in [7, 11) is 0. The van der Waals surface area contributed by atoms with E-state index in [0.29, 0.717) is 6.04 Å². The van der Waals surface area contributed by atoms with E-state index in [-0.39, 0.29) is 0 Å². The van der Waals surface area contributed by atoms with Crippen molar-refractivity contribution in [1.82, 2.24) is 20.1 Å². The summed E-state index contributed by atoms with van der Waals surface area (Å²) < 4.78 is 2.10. The van der Waals surface area contributed by atoms with E-state index >= 15 is 0 Å². The molecule has 2 aromatic heterocycles. The van der Waals surface area contributed by atoms with E-state index < -0.39 is 0 Å². The molecule has 0 saturated heterocycles. The van der Waals surface area contributed by atoms with Gasteiger partial charge in [0.1, 0.15) is 0 Å². The molecule has 0 aliphatic carbocycles. The quantitative estimate of drug-likeness (QED) is 0.850. The molecule has 21 heavy (non-hydrogen) atoms. The van der Waals surface area contributed by atoms with Crippen molar-refractivity contribution in [3.05, 3.63) is 47.0 Å². The molecule has 2 heterocycles. The molecule has 0 fully saturated rings. The SMILES string of the molecule is CCCNC(Cc1cc(C)nn1CC)c1ccnc(C)c1. The second kappa shape index (κ2) is 7.36. The molecule has 0 saturated carbocycles. The molecule has 0 aliphatic rings. The van der Waals surface area contributed by atoms with Crippen LogP contribution in [0.3, 0.4) is 0 Å². The largest absolute Gasteiger partial charge is 0.310 e. The summed E-state index contributed by atoms with van der Waals surface area (Å²) in [6.07, 6.45) is 3.98. The van der Waals surface area contributed by atoms with Gasteiger partial charge < -0.3 is 5.32 Å². The van der Waals surface area contributed by atoms with Crippen LogP contribution in [0.5, 0.6) is 0 Å². The maximum absolute atomic E-state index is 4.55. The lowest BCUT2D eigenvalue weighted by molar-refractivity contribution is 0.502. The highest BCUT2D eigenvalue weighted by Crippen LogP contribution is 2.19. The van der Waals surface area contributed by atoms with Gasteiger partial charge in [-0.25, -0.2) is 0 Å². The summed E-state index contributed by atoms with van der Waals surface area (Å²) in [6.45, 7) is 10.4. The van der Waals surface area contributed by atoms with Gasteiger partial charge in [-0.15, -0.1) is 0 Å². The summed E-state index contributed by atoms with van der Waals surface area (Å²) in [5.41, 5.74) is 4.75. The molecule has 1 unspecified atom stereocenters. The summed E-state index contributed by atoms with van der Waals surface area (Å²) in [5, 5.41) is 8.20. The average Bonchev–Trinajstić information content (AvgIpc) is 2.83. The molecule has 1 atom stereocenters. The Morgan fingerprint density at radius 2 is 2.00 bits per heavy atom. The predicted octanol–water partition coefficient (Wildman–Crippen LogP) is 3.20. The Morgan fingerprint density at radius 3 is 2.67 bits per heavy atom. The standard InChI is InChI=1S/C17H26N4/c1-5-8-19-17(15-7-9-18-13(3)10-15)12-16-11-14(4)20-21(16)6-2/h7,9-11,17,19H,5-6,8,12H2,1-4H3. The van der Waals surface area contributed by atoms with Crippen molar-refractivity contribution in [2.24, 2.45) is 0 Å². The number of hydrogen-bond donors (Lipinski definition) is 1. The molecule has 0 amide bonds. The normalized spacial score (nSPS) is 12.6. The number of aryl methyl sites for hydroxylation is 3. The first-order valence-corrected chi connectivity index (χ1v) is 7.83. The second-order valence-corrected chi connectivity index (χ2v) is 5.53. The zero-order valence-corrected chi connectivity index (χ0v) is 13.6. The molecular weight excluding hydrogens is 260 g/mol. The number of hydrogen-bond acceptors (Lipinski definition) is 3. The van der Waals surface area contributed by atoms with Crippen LogP contribution < -0.4 is 5.32 Å². The van der Waals surface area contributed by atoms with Gasteiger partial charge in [0.2, 0.25) is 0 Å². The lowest BCUT2D eigenvalue weighted by atomic mass is 10.0. The van der Waals surface area contributed by atoms with Crippen LogP contribution in [0.1, 0.15) is 49.0 Å². The smallest absolute Gasteiger partial charge is 0.0596 e. The zero-order chi connectivity index (χ0) is 15.2. The monoisotopic (exact) mass is 286 g/mol. The van der Waals surface area contributed by atoms with Crippen LogP contribution >= 0.6 is 0 Å². The Hall–Kier alpha value is -1.68. The first-order chi connectivity index (χ1) is 10.1. The van der Waals surface area contributed by atoms with Crippen LogP contribution in [-0.2, 0) is 13.0 Å². The molecule has 0 aromatic carbocycles. The van der Waals surface area contributed by atoms with Crippen molar-refractivity contribution in [2.45, 2.75) is 53.1 Å². The number of nitrogens with zero attached hydrogens (tertiary/aromatic N) is 3. The first kappa shape index (κ1) is 15.7. The van der Waals surface area contributed by atoms with Crippen molar-refractivity contribution >= 4 is 0 Å². The fourth-order valence-corrected chi connectivity index (χ4v) is 2.66. The van der Waals surface area contributed by atoms with E-state index in [4.69, 9.17) is 0 Å². The van der Waals surface area contributed by atoms with Gasteiger partial charge in [-0.05, 0) is 57.5 Å². The minimum atomic E-state index is 0.313. The molecule has 0 spiro atoms. The Morgan fingerprint density at radius 1 is 1.19 bits per heavy atom. The van der Waals surface area contributed by atoms with Gasteiger partial charge in [0.05, 0.1) is 5.69 Å². The molecule has 2 aromatic rings. The van der Waals surface area contributed by atoms with Gasteiger partial charge in [0.25, 0.3) is 0 Å². The molecule has 114 valence electrons. The van der Waals surface area contributed by atoms with Crippen molar-refractivity contribution < 1.29 is 0 Å². The van der Waals surface area contributed by atoms with Crippen LogP contribution in [0.4, 0.5) is 0 Å². The van der Waals surface area contributed by atoms with Crippen LogP contribution in [0.2, 0.25) is 0 Å². The van der Waals surface area contributed by atoms with Gasteiger partial charge in [-0.3, -0.25) is 9.67 Å².